The zero-order valence-corrected chi connectivity index (χ0v) is 10.1. The van der Waals surface area contributed by atoms with Gasteiger partial charge >= 0.3 is 0 Å². The predicted octanol–water partition coefficient (Wildman–Crippen LogP) is 2.39. The minimum Gasteiger partial charge on any atom is -0.383 e. The fourth-order valence-electron chi connectivity index (χ4n) is 1.34. The van der Waals surface area contributed by atoms with Crippen LogP contribution in [0.5, 0.6) is 0 Å². The van der Waals surface area contributed by atoms with Crippen LogP contribution in [-0.4, -0.2) is 19.5 Å². The molecule has 0 bridgehead atoms. The molecule has 94 valence electrons. The van der Waals surface area contributed by atoms with E-state index in [9.17, 15) is 13.6 Å². The third kappa shape index (κ3) is 3.41. The Morgan fingerprint density at radius 1 is 1.29 bits per heavy atom. The number of nitrogens with one attached hydrogen (secondary N) is 2. The Morgan fingerprint density at radius 3 is 2.24 bits per heavy atom. The average Bonchev–Trinajstić information content (AvgIpc) is 2.25. The molecule has 0 saturated carbocycles. The number of amides is 1. The van der Waals surface area contributed by atoms with E-state index in [0.717, 1.165) is 12.1 Å². The second-order valence-electron chi connectivity index (χ2n) is 4.17. The summed E-state index contributed by atoms with van der Waals surface area (Å²) in [5.74, 6) is -1.74. The summed E-state index contributed by atoms with van der Waals surface area (Å²) >= 11 is 0. The van der Waals surface area contributed by atoms with Crippen molar-refractivity contribution >= 4 is 11.6 Å². The monoisotopic (exact) mass is 242 g/mol. The second kappa shape index (κ2) is 5.61. The Bertz CT molecular complexity index is 396. The molecule has 1 amide bonds. The average molecular weight is 242 g/mol. The molecule has 5 heteroatoms. The smallest absolute Gasteiger partial charge is 0.251 e. The van der Waals surface area contributed by atoms with Crippen LogP contribution in [0.25, 0.3) is 0 Å². The van der Waals surface area contributed by atoms with Crippen LogP contribution in [0.15, 0.2) is 12.1 Å². The van der Waals surface area contributed by atoms with Gasteiger partial charge in [-0.2, -0.15) is 0 Å². The fourth-order valence-corrected chi connectivity index (χ4v) is 1.34. The van der Waals surface area contributed by atoms with Crippen LogP contribution in [0.4, 0.5) is 14.5 Å². The highest BCUT2D eigenvalue weighted by molar-refractivity contribution is 5.94. The number of hydrogen-bond donors (Lipinski definition) is 2. The molecule has 1 aromatic rings. The number of hydrogen-bond acceptors (Lipinski definition) is 2. The van der Waals surface area contributed by atoms with Gasteiger partial charge in [0.25, 0.3) is 5.91 Å². The van der Waals surface area contributed by atoms with Gasteiger partial charge in [0, 0.05) is 19.2 Å². The van der Waals surface area contributed by atoms with Crippen molar-refractivity contribution in [3.63, 3.8) is 0 Å². The lowest BCUT2D eigenvalue weighted by Crippen LogP contribution is -2.27. The quantitative estimate of drug-likeness (QED) is 0.851. The third-order valence-electron chi connectivity index (χ3n) is 2.23. The molecular weight excluding hydrogens is 226 g/mol. The highest BCUT2D eigenvalue weighted by Gasteiger charge is 2.14. The normalized spacial score (nSPS) is 10.5. The molecule has 0 fully saturated rings. The highest BCUT2D eigenvalue weighted by atomic mass is 19.1. The molecule has 0 heterocycles. The van der Waals surface area contributed by atoms with Crippen LogP contribution in [0.3, 0.4) is 0 Å². The van der Waals surface area contributed by atoms with E-state index in [1.807, 2.05) is 13.8 Å². The van der Waals surface area contributed by atoms with Gasteiger partial charge in [0.15, 0.2) is 0 Å². The Hall–Kier alpha value is -1.65. The first-order valence-electron chi connectivity index (χ1n) is 5.40. The lowest BCUT2D eigenvalue weighted by atomic mass is 10.1. The van der Waals surface area contributed by atoms with Crippen LogP contribution in [0, 0.1) is 17.6 Å². The number of halogens is 2. The maximum Gasteiger partial charge on any atom is 0.251 e. The topological polar surface area (TPSA) is 41.1 Å². The zero-order chi connectivity index (χ0) is 13.0. The standard InChI is InChI=1S/C12H16F2N2O/c1-7(2)6-16-12(17)8-4-9(13)11(15-3)10(14)5-8/h4-5,7,15H,6H2,1-3H3,(H,16,17). The lowest BCUT2D eigenvalue weighted by Gasteiger charge is -2.09. The molecule has 0 atom stereocenters. The lowest BCUT2D eigenvalue weighted by molar-refractivity contribution is 0.0948. The van der Waals surface area contributed by atoms with Crippen molar-refractivity contribution in [2.75, 3.05) is 18.9 Å². The molecule has 3 nitrogen and oxygen atoms in total. The van der Waals surface area contributed by atoms with Gasteiger partial charge in [-0.3, -0.25) is 4.79 Å². The van der Waals surface area contributed by atoms with Crippen LogP contribution >= 0.6 is 0 Å². The molecule has 0 unspecified atom stereocenters. The van der Waals surface area contributed by atoms with Crippen LogP contribution in [0.2, 0.25) is 0 Å². The first kappa shape index (κ1) is 13.4. The van der Waals surface area contributed by atoms with Gasteiger partial charge < -0.3 is 10.6 Å². The Balaban J connectivity index is 2.89. The highest BCUT2D eigenvalue weighted by Crippen LogP contribution is 2.20. The molecule has 0 aliphatic heterocycles. The molecule has 0 radical (unpaired) electrons. The molecule has 17 heavy (non-hydrogen) atoms. The summed E-state index contributed by atoms with van der Waals surface area (Å²) in [6.07, 6.45) is 0. The molecule has 1 aromatic carbocycles. The number of carbonyl (C=O) groups is 1. The van der Waals surface area contributed by atoms with E-state index in [0.29, 0.717) is 6.54 Å². The molecule has 2 N–H and O–H groups in total. The van der Waals surface area contributed by atoms with E-state index in [4.69, 9.17) is 0 Å². The van der Waals surface area contributed by atoms with E-state index in [1.54, 1.807) is 0 Å². The van der Waals surface area contributed by atoms with Crippen LogP contribution < -0.4 is 10.6 Å². The van der Waals surface area contributed by atoms with Gasteiger partial charge in [-0.1, -0.05) is 13.8 Å². The molecule has 0 spiro atoms. The Morgan fingerprint density at radius 2 is 1.82 bits per heavy atom. The predicted molar refractivity (Wildman–Crippen MR) is 63.1 cm³/mol. The van der Waals surface area contributed by atoms with Gasteiger partial charge in [0.05, 0.1) is 0 Å². The van der Waals surface area contributed by atoms with E-state index in [1.165, 1.54) is 7.05 Å². The first-order chi connectivity index (χ1) is 7.95. The largest absolute Gasteiger partial charge is 0.383 e. The summed E-state index contributed by atoms with van der Waals surface area (Å²) in [4.78, 5) is 11.6. The van der Waals surface area contributed by atoms with E-state index < -0.39 is 17.5 Å². The van der Waals surface area contributed by atoms with E-state index >= 15 is 0 Å². The molecule has 0 saturated heterocycles. The van der Waals surface area contributed by atoms with Crippen molar-refractivity contribution in [3.8, 4) is 0 Å². The minimum atomic E-state index is -0.776. The van der Waals surface area contributed by atoms with E-state index in [2.05, 4.69) is 10.6 Å². The van der Waals surface area contributed by atoms with Gasteiger partial charge in [-0.25, -0.2) is 8.78 Å². The third-order valence-corrected chi connectivity index (χ3v) is 2.23. The maximum atomic E-state index is 13.4. The summed E-state index contributed by atoms with van der Waals surface area (Å²) in [6.45, 7) is 4.34. The van der Waals surface area contributed by atoms with Gasteiger partial charge in [-0.05, 0) is 18.1 Å². The molecule has 0 aromatic heterocycles. The van der Waals surface area contributed by atoms with Crippen LogP contribution in [0.1, 0.15) is 24.2 Å². The van der Waals surface area contributed by atoms with Crippen LogP contribution in [-0.2, 0) is 0 Å². The molecule has 0 aliphatic carbocycles. The number of benzene rings is 1. The maximum absolute atomic E-state index is 13.4. The fraction of sp³-hybridized carbons (Fsp3) is 0.417. The van der Waals surface area contributed by atoms with Crippen molar-refractivity contribution in [2.24, 2.45) is 5.92 Å². The number of anilines is 1. The summed E-state index contributed by atoms with van der Waals surface area (Å²) in [6, 6.07) is 2.04. The molecule has 1 rings (SSSR count). The summed E-state index contributed by atoms with van der Waals surface area (Å²) in [5, 5.41) is 5.00. The molecule has 0 aliphatic rings. The van der Waals surface area contributed by atoms with Gasteiger partial charge in [0.2, 0.25) is 0 Å². The first-order valence-corrected chi connectivity index (χ1v) is 5.40. The summed E-state index contributed by atoms with van der Waals surface area (Å²) < 4.78 is 26.8. The Kier molecular flexibility index (Phi) is 4.43. The molecular formula is C12H16F2N2O. The minimum absolute atomic E-state index is 0.0142. The summed E-state index contributed by atoms with van der Waals surface area (Å²) in [5.41, 5.74) is -0.245. The second-order valence-corrected chi connectivity index (χ2v) is 4.17. The summed E-state index contributed by atoms with van der Waals surface area (Å²) in [7, 11) is 1.42. The van der Waals surface area contributed by atoms with Crippen molar-refractivity contribution in [1.29, 1.82) is 0 Å². The number of carbonyl (C=O) groups excluding carboxylic acids is 1. The zero-order valence-electron chi connectivity index (χ0n) is 10.1. The SMILES string of the molecule is CNc1c(F)cc(C(=O)NCC(C)C)cc1F. The van der Waals surface area contributed by atoms with Gasteiger partial charge in [-0.15, -0.1) is 0 Å². The van der Waals surface area contributed by atoms with Crippen molar-refractivity contribution < 1.29 is 13.6 Å². The number of rotatable bonds is 4. The van der Waals surface area contributed by atoms with E-state index in [-0.39, 0.29) is 17.2 Å². The van der Waals surface area contributed by atoms with Crippen molar-refractivity contribution in [3.05, 3.63) is 29.3 Å². The Labute approximate surface area is 99.2 Å². The van der Waals surface area contributed by atoms with Gasteiger partial charge in [0.1, 0.15) is 17.3 Å². The van der Waals surface area contributed by atoms with Crippen molar-refractivity contribution in [1.82, 2.24) is 5.32 Å². The van der Waals surface area contributed by atoms with Crippen molar-refractivity contribution in [2.45, 2.75) is 13.8 Å².